The Bertz CT molecular complexity index is 597. The van der Waals surface area contributed by atoms with Crippen molar-refractivity contribution in [2.75, 3.05) is 0 Å². The highest BCUT2D eigenvalue weighted by atomic mass is 32.1. The topological polar surface area (TPSA) is 42.0 Å². The Hall–Kier alpha value is -1.89. The lowest BCUT2D eigenvalue weighted by molar-refractivity contribution is -0.141. The maximum Gasteiger partial charge on any atom is 0.433 e. The van der Waals surface area contributed by atoms with Gasteiger partial charge in [0.15, 0.2) is 0 Å². The summed E-state index contributed by atoms with van der Waals surface area (Å²) in [5.74, 6) is -0.208. The van der Waals surface area contributed by atoms with Gasteiger partial charge in [-0.2, -0.15) is 24.5 Å². The zero-order chi connectivity index (χ0) is 15.3. The van der Waals surface area contributed by atoms with Crippen LogP contribution in [0.5, 0.6) is 0 Å². The quantitative estimate of drug-likeness (QED) is 0.919. The lowest BCUT2D eigenvalue weighted by Crippen LogP contribution is -2.24. The molecule has 7 heteroatoms. The molecule has 0 spiro atoms. The van der Waals surface area contributed by atoms with Crippen molar-refractivity contribution < 1.29 is 18.0 Å². The van der Waals surface area contributed by atoms with E-state index in [0.717, 1.165) is 11.6 Å². The van der Waals surface area contributed by atoms with Crippen LogP contribution in [-0.2, 0) is 23.9 Å². The van der Waals surface area contributed by atoms with Crippen LogP contribution in [0.2, 0.25) is 0 Å². The fourth-order valence-corrected chi connectivity index (χ4v) is 2.41. The first kappa shape index (κ1) is 15.5. The van der Waals surface area contributed by atoms with Crippen LogP contribution in [0.1, 0.15) is 23.4 Å². The summed E-state index contributed by atoms with van der Waals surface area (Å²) in [5.41, 5.74) is 0.313. The number of carbonyl (C=O) groups is 1. The summed E-state index contributed by atoms with van der Waals surface area (Å²) in [7, 11) is 0. The summed E-state index contributed by atoms with van der Waals surface area (Å²) < 4.78 is 37.5. The predicted octanol–water partition coefficient (Wildman–Crippen LogP) is 3.41. The number of hydrogen-bond donors (Lipinski definition) is 1. The fraction of sp³-hybridized carbons (Fsp3) is 0.286. The van der Waals surface area contributed by atoms with Crippen molar-refractivity contribution in [1.29, 1.82) is 0 Å². The molecule has 2 rings (SSSR count). The van der Waals surface area contributed by atoms with Gasteiger partial charge >= 0.3 is 6.18 Å². The number of pyridine rings is 1. The van der Waals surface area contributed by atoms with Gasteiger partial charge in [-0.25, -0.2) is 4.98 Å². The normalized spacial score (nSPS) is 11.4. The summed E-state index contributed by atoms with van der Waals surface area (Å²) in [6.45, 7) is -0.00755. The Morgan fingerprint density at radius 1 is 1.29 bits per heavy atom. The summed E-state index contributed by atoms with van der Waals surface area (Å²) in [4.78, 5) is 15.1. The van der Waals surface area contributed by atoms with E-state index in [0.29, 0.717) is 12.8 Å². The van der Waals surface area contributed by atoms with E-state index >= 15 is 0 Å². The molecule has 0 atom stereocenters. The molecule has 1 N–H and O–H groups in total. The Labute approximate surface area is 123 Å². The SMILES string of the molecule is O=C(CCc1ccsc1)NCc1cccc(C(F)(F)F)n1. The van der Waals surface area contributed by atoms with Crippen molar-refractivity contribution in [2.24, 2.45) is 0 Å². The number of nitrogens with one attached hydrogen (secondary N) is 1. The highest BCUT2D eigenvalue weighted by molar-refractivity contribution is 7.07. The molecule has 0 aromatic carbocycles. The average Bonchev–Trinajstić information content (AvgIpc) is 2.95. The van der Waals surface area contributed by atoms with E-state index in [2.05, 4.69) is 10.3 Å². The van der Waals surface area contributed by atoms with Gasteiger partial charge in [-0.1, -0.05) is 6.07 Å². The van der Waals surface area contributed by atoms with E-state index in [1.165, 1.54) is 12.1 Å². The van der Waals surface area contributed by atoms with Gasteiger partial charge in [0, 0.05) is 6.42 Å². The third-order valence-corrected chi connectivity index (χ3v) is 3.52. The molecule has 1 amide bonds. The zero-order valence-corrected chi connectivity index (χ0v) is 11.8. The molecule has 2 heterocycles. The molecular weight excluding hydrogens is 301 g/mol. The monoisotopic (exact) mass is 314 g/mol. The number of thiophene rings is 1. The van der Waals surface area contributed by atoms with Gasteiger partial charge in [0.2, 0.25) is 5.91 Å². The molecule has 0 bridgehead atoms. The number of carbonyl (C=O) groups excluding carboxylic acids is 1. The Kier molecular flexibility index (Phi) is 4.95. The second-order valence-electron chi connectivity index (χ2n) is 4.42. The highest BCUT2D eigenvalue weighted by Crippen LogP contribution is 2.27. The molecule has 0 aliphatic rings. The molecular formula is C14H13F3N2OS. The van der Waals surface area contributed by atoms with Gasteiger partial charge in [0.1, 0.15) is 5.69 Å². The van der Waals surface area contributed by atoms with Crippen molar-refractivity contribution in [3.8, 4) is 0 Å². The number of alkyl halides is 3. The standard InChI is InChI=1S/C14H13F3N2OS/c15-14(16,17)12-3-1-2-11(19-12)8-18-13(20)5-4-10-6-7-21-9-10/h1-3,6-7,9H,4-5,8H2,(H,18,20). The molecule has 0 saturated carbocycles. The van der Waals surface area contributed by atoms with Crippen LogP contribution < -0.4 is 5.32 Å². The third-order valence-electron chi connectivity index (χ3n) is 2.78. The highest BCUT2D eigenvalue weighted by Gasteiger charge is 2.32. The van der Waals surface area contributed by atoms with Crippen molar-refractivity contribution in [3.63, 3.8) is 0 Å². The van der Waals surface area contributed by atoms with Crippen LogP contribution in [0.15, 0.2) is 35.0 Å². The molecule has 21 heavy (non-hydrogen) atoms. The van der Waals surface area contributed by atoms with E-state index < -0.39 is 11.9 Å². The van der Waals surface area contributed by atoms with Crippen molar-refractivity contribution in [3.05, 3.63) is 52.0 Å². The number of amides is 1. The number of nitrogens with zero attached hydrogens (tertiary/aromatic N) is 1. The number of aromatic nitrogens is 1. The van der Waals surface area contributed by atoms with Crippen LogP contribution in [-0.4, -0.2) is 10.9 Å². The van der Waals surface area contributed by atoms with E-state index in [1.54, 1.807) is 11.3 Å². The molecule has 0 saturated heterocycles. The Morgan fingerprint density at radius 2 is 2.10 bits per heavy atom. The summed E-state index contributed by atoms with van der Waals surface area (Å²) >= 11 is 1.56. The number of hydrogen-bond acceptors (Lipinski definition) is 3. The first-order valence-electron chi connectivity index (χ1n) is 6.26. The van der Waals surface area contributed by atoms with Gasteiger partial charge in [0.05, 0.1) is 12.2 Å². The number of rotatable bonds is 5. The van der Waals surface area contributed by atoms with Gasteiger partial charge in [-0.15, -0.1) is 0 Å². The van der Waals surface area contributed by atoms with Crippen LogP contribution in [0.3, 0.4) is 0 Å². The van der Waals surface area contributed by atoms with Gasteiger partial charge < -0.3 is 5.32 Å². The number of halogens is 3. The van der Waals surface area contributed by atoms with Crippen LogP contribution >= 0.6 is 11.3 Å². The smallest absolute Gasteiger partial charge is 0.350 e. The van der Waals surface area contributed by atoms with Gasteiger partial charge in [-0.3, -0.25) is 4.79 Å². The van der Waals surface area contributed by atoms with E-state index in [9.17, 15) is 18.0 Å². The van der Waals surface area contributed by atoms with E-state index in [1.807, 2.05) is 16.8 Å². The van der Waals surface area contributed by atoms with Crippen molar-refractivity contribution >= 4 is 17.2 Å². The summed E-state index contributed by atoms with van der Waals surface area (Å²) in [6, 6.07) is 5.57. The second-order valence-corrected chi connectivity index (χ2v) is 5.20. The molecule has 0 fully saturated rings. The number of aryl methyl sites for hydroxylation is 1. The van der Waals surface area contributed by atoms with E-state index in [-0.39, 0.29) is 18.1 Å². The average molecular weight is 314 g/mol. The summed E-state index contributed by atoms with van der Waals surface area (Å²) in [5, 5.41) is 6.46. The molecule has 3 nitrogen and oxygen atoms in total. The van der Waals surface area contributed by atoms with Crippen LogP contribution in [0.25, 0.3) is 0 Å². The molecule has 0 aliphatic carbocycles. The van der Waals surface area contributed by atoms with Gasteiger partial charge in [0.25, 0.3) is 0 Å². The lowest BCUT2D eigenvalue weighted by Gasteiger charge is -2.08. The summed E-state index contributed by atoms with van der Waals surface area (Å²) in [6.07, 6.45) is -3.56. The minimum Gasteiger partial charge on any atom is -0.350 e. The molecule has 0 unspecified atom stereocenters. The first-order valence-corrected chi connectivity index (χ1v) is 7.20. The second kappa shape index (κ2) is 6.71. The molecule has 112 valence electrons. The lowest BCUT2D eigenvalue weighted by atomic mass is 10.2. The third kappa shape index (κ3) is 4.86. The van der Waals surface area contributed by atoms with Crippen molar-refractivity contribution in [1.82, 2.24) is 10.3 Å². The largest absolute Gasteiger partial charge is 0.433 e. The van der Waals surface area contributed by atoms with Crippen molar-refractivity contribution in [2.45, 2.75) is 25.6 Å². The van der Waals surface area contributed by atoms with Crippen LogP contribution in [0, 0.1) is 0 Å². The first-order chi connectivity index (χ1) is 9.95. The molecule has 0 radical (unpaired) electrons. The van der Waals surface area contributed by atoms with Crippen LogP contribution in [0.4, 0.5) is 13.2 Å². The van der Waals surface area contributed by atoms with Gasteiger partial charge in [-0.05, 0) is 40.9 Å². The Morgan fingerprint density at radius 3 is 2.76 bits per heavy atom. The minimum atomic E-state index is -4.47. The zero-order valence-electron chi connectivity index (χ0n) is 11.0. The molecule has 0 aliphatic heterocycles. The maximum atomic E-state index is 12.5. The maximum absolute atomic E-state index is 12.5. The Balaban J connectivity index is 1.83. The minimum absolute atomic E-state index is 0.00755. The predicted molar refractivity (Wildman–Crippen MR) is 73.7 cm³/mol. The molecule has 2 aromatic rings. The molecule has 2 aromatic heterocycles. The fourth-order valence-electron chi connectivity index (χ4n) is 1.71. The van der Waals surface area contributed by atoms with E-state index in [4.69, 9.17) is 0 Å².